The largest absolute Gasteiger partial charge is 0.493 e. The smallest absolute Gasteiger partial charge is 0.416 e. The van der Waals surface area contributed by atoms with E-state index in [9.17, 15) is 18.0 Å². The zero-order valence-electron chi connectivity index (χ0n) is 19.9. The predicted octanol–water partition coefficient (Wildman–Crippen LogP) is 6.39. The minimum Gasteiger partial charge on any atom is -0.493 e. The van der Waals surface area contributed by atoms with E-state index in [-0.39, 0.29) is 5.91 Å². The fourth-order valence-corrected chi connectivity index (χ4v) is 4.87. The summed E-state index contributed by atoms with van der Waals surface area (Å²) in [5.41, 5.74) is 2.21. The number of rotatable bonds is 6. The van der Waals surface area contributed by atoms with Gasteiger partial charge in [-0.25, -0.2) is 0 Å². The SMILES string of the molecule is CC[C@@H](C(=O)N1CCc2cc(OC)c(OC)cc2[C@@H]1c1cccc(C(F)(F)F)c1)c1ccccc1. The summed E-state index contributed by atoms with van der Waals surface area (Å²) < 4.78 is 51.7. The van der Waals surface area contributed by atoms with Gasteiger partial charge in [-0.2, -0.15) is 13.2 Å². The molecule has 0 unspecified atom stereocenters. The number of carbonyl (C=O) groups excluding carboxylic acids is 1. The Balaban J connectivity index is 1.86. The van der Waals surface area contributed by atoms with Crippen molar-refractivity contribution in [3.8, 4) is 11.5 Å². The molecule has 3 aromatic rings. The fourth-order valence-electron chi connectivity index (χ4n) is 4.87. The fraction of sp³-hybridized carbons (Fsp3) is 0.321. The highest BCUT2D eigenvalue weighted by atomic mass is 19.4. The van der Waals surface area contributed by atoms with Gasteiger partial charge in [-0.05, 0) is 59.4 Å². The van der Waals surface area contributed by atoms with E-state index in [1.807, 2.05) is 43.3 Å². The topological polar surface area (TPSA) is 38.8 Å². The third-order valence-electron chi connectivity index (χ3n) is 6.59. The molecule has 0 saturated carbocycles. The van der Waals surface area contributed by atoms with Crippen molar-refractivity contribution in [1.82, 2.24) is 4.90 Å². The lowest BCUT2D eigenvalue weighted by Gasteiger charge is -2.40. The predicted molar refractivity (Wildman–Crippen MR) is 128 cm³/mol. The summed E-state index contributed by atoms with van der Waals surface area (Å²) in [5.74, 6) is 0.505. The molecular weight excluding hydrogens is 455 g/mol. The van der Waals surface area contributed by atoms with Gasteiger partial charge in [-0.15, -0.1) is 0 Å². The zero-order valence-corrected chi connectivity index (χ0v) is 19.9. The van der Waals surface area contributed by atoms with E-state index in [4.69, 9.17) is 9.47 Å². The Hall–Kier alpha value is -3.48. The average Bonchev–Trinajstić information content (AvgIpc) is 2.87. The number of hydrogen-bond donors (Lipinski definition) is 0. The Kier molecular flexibility index (Phi) is 7.05. The number of carbonyl (C=O) groups is 1. The number of alkyl halides is 3. The van der Waals surface area contributed by atoms with Crippen LogP contribution in [0.25, 0.3) is 0 Å². The molecule has 0 bridgehead atoms. The van der Waals surface area contributed by atoms with Gasteiger partial charge in [0.15, 0.2) is 11.5 Å². The van der Waals surface area contributed by atoms with Crippen LogP contribution < -0.4 is 9.47 Å². The van der Waals surface area contributed by atoms with Crippen molar-refractivity contribution in [3.05, 3.63) is 94.5 Å². The highest BCUT2D eigenvalue weighted by molar-refractivity contribution is 5.85. The molecule has 0 radical (unpaired) electrons. The maximum Gasteiger partial charge on any atom is 0.416 e. The van der Waals surface area contributed by atoms with E-state index < -0.39 is 23.7 Å². The Morgan fingerprint density at radius 1 is 1.00 bits per heavy atom. The van der Waals surface area contributed by atoms with Crippen LogP contribution in [-0.4, -0.2) is 31.6 Å². The summed E-state index contributed by atoms with van der Waals surface area (Å²) in [5, 5.41) is 0. The molecule has 4 nitrogen and oxygen atoms in total. The van der Waals surface area contributed by atoms with Gasteiger partial charge in [0, 0.05) is 6.54 Å². The summed E-state index contributed by atoms with van der Waals surface area (Å²) in [6.07, 6.45) is -3.36. The van der Waals surface area contributed by atoms with Crippen molar-refractivity contribution in [2.75, 3.05) is 20.8 Å². The van der Waals surface area contributed by atoms with Gasteiger partial charge in [0.05, 0.1) is 31.7 Å². The van der Waals surface area contributed by atoms with Crippen LogP contribution >= 0.6 is 0 Å². The van der Waals surface area contributed by atoms with Gasteiger partial charge >= 0.3 is 6.18 Å². The van der Waals surface area contributed by atoms with Crippen LogP contribution in [0.3, 0.4) is 0 Å². The second-order valence-corrected chi connectivity index (χ2v) is 8.58. The van der Waals surface area contributed by atoms with E-state index in [1.54, 1.807) is 24.1 Å². The molecule has 0 aliphatic carbocycles. The van der Waals surface area contributed by atoms with Crippen LogP contribution in [0.1, 0.15) is 53.1 Å². The van der Waals surface area contributed by atoms with Crippen molar-refractivity contribution in [2.45, 2.75) is 37.9 Å². The van der Waals surface area contributed by atoms with Gasteiger partial charge in [0.1, 0.15) is 0 Å². The lowest BCUT2D eigenvalue weighted by Crippen LogP contribution is -2.43. The second kappa shape index (κ2) is 10.0. The third-order valence-corrected chi connectivity index (χ3v) is 6.59. The molecule has 1 heterocycles. The monoisotopic (exact) mass is 483 g/mol. The molecule has 0 N–H and O–H groups in total. The van der Waals surface area contributed by atoms with Crippen LogP contribution in [-0.2, 0) is 17.4 Å². The van der Waals surface area contributed by atoms with Crippen LogP contribution in [0.4, 0.5) is 13.2 Å². The summed E-state index contributed by atoms with van der Waals surface area (Å²) in [6.45, 7) is 2.33. The highest BCUT2D eigenvalue weighted by Crippen LogP contribution is 2.43. The molecule has 184 valence electrons. The summed E-state index contributed by atoms with van der Waals surface area (Å²) >= 11 is 0. The van der Waals surface area contributed by atoms with Gasteiger partial charge in [0.2, 0.25) is 5.91 Å². The summed E-state index contributed by atoms with van der Waals surface area (Å²) in [7, 11) is 3.05. The minimum absolute atomic E-state index is 0.110. The molecule has 2 atom stereocenters. The van der Waals surface area contributed by atoms with Crippen LogP contribution in [0, 0.1) is 0 Å². The number of fused-ring (bicyclic) bond motifs is 1. The first-order chi connectivity index (χ1) is 16.8. The highest BCUT2D eigenvalue weighted by Gasteiger charge is 2.38. The molecule has 7 heteroatoms. The van der Waals surface area contributed by atoms with E-state index in [0.717, 1.165) is 28.8 Å². The quantitative estimate of drug-likeness (QED) is 0.408. The molecule has 3 aromatic carbocycles. The third kappa shape index (κ3) is 4.85. The van der Waals surface area contributed by atoms with E-state index in [0.29, 0.717) is 36.4 Å². The van der Waals surface area contributed by atoms with Crippen LogP contribution in [0.5, 0.6) is 11.5 Å². The molecular formula is C28H28F3NO3. The Morgan fingerprint density at radius 3 is 2.31 bits per heavy atom. The molecule has 4 rings (SSSR count). The normalized spacial score (nSPS) is 16.4. The molecule has 1 amide bonds. The minimum atomic E-state index is -4.49. The zero-order chi connectivity index (χ0) is 25.2. The second-order valence-electron chi connectivity index (χ2n) is 8.58. The van der Waals surface area contributed by atoms with Crippen molar-refractivity contribution in [3.63, 3.8) is 0 Å². The Labute approximate surface area is 203 Å². The van der Waals surface area contributed by atoms with Crippen LogP contribution in [0.2, 0.25) is 0 Å². The van der Waals surface area contributed by atoms with Crippen LogP contribution in [0.15, 0.2) is 66.7 Å². The number of methoxy groups -OCH3 is 2. The van der Waals surface area contributed by atoms with Crippen molar-refractivity contribution in [2.24, 2.45) is 0 Å². The number of benzene rings is 3. The first-order valence-electron chi connectivity index (χ1n) is 11.6. The maximum absolute atomic E-state index is 13.9. The lowest BCUT2D eigenvalue weighted by molar-refractivity contribution is -0.137. The molecule has 35 heavy (non-hydrogen) atoms. The van der Waals surface area contributed by atoms with Gasteiger partial charge < -0.3 is 14.4 Å². The average molecular weight is 484 g/mol. The van der Waals surface area contributed by atoms with Crippen molar-refractivity contribution < 1.29 is 27.4 Å². The maximum atomic E-state index is 13.9. The molecule has 0 fully saturated rings. The van der Waals surface area contributed by atoms with Crippen molar-refractivity contribution in [1.29, 1.82) is 0 Å². The van der Waals surface area contributed by atoms with Gasteiger partial charge in [0.25, 0.3) is 0 Å². The number of ether oxygens (including phenoxy) is 2. The molecule has 1 aliphatic rings. The standard InChI is InChI=1S/C28H28F3NO3/c1-4-22(18-9-6-5-7-10-18)27(33)32-14-13-19-16-24(34-2)25(35-3)17-23(19)26(32)20-11-8-12-21(15-20)28(29,30)31/h5-12,15-17,22,26H,4,13-14H2,1-3H3/t22-,26+/m1/s1. The number of amides is 1. The molecule has 1 aliphatic heterocycles. The lowest BCUT2D eigenvalue weighted by atomic mass is 9.85. The molecule has 0 saturated heterocycles. The van der Waals surface area contributed by atoms with Crippen molar-refractivity contribution >= 4 is 5.91 Å². The number of hydrogen-bond acceptors (Lipinski definition) is 3. The van der Waals surface area contributed by atoms with Gasteiger partial charge in [-0.3, -0.25) is 4.79 Å². The molecule has 0 aromatic heterocycles. The number of halogens is 3. The Bertz CT molecular complexity index is 1190. The van der Waals surface area contributed by atoms with E-state index >= 15 is 0 Å². The Morgan fingerprint density at radius 2 is 1.69 bits per heavy atom. The first-order valence-corrected chi connectivity index (χ1v) is 11.6. The van der Waals surface area contributed by atoms with E-state index in [1.165, 1.54) is 13.2 Å². The van der Waals surface area contributed by atoms with E-state index in [2.05, 4.69) is 0 Å². The van der Waals surface area contributed by atoms with Gasteiger partial charge in [-0.1, -0.05) is 49.4 Å². The summed E-state index contributed by atoms with van der Waals surface area (Å²) in [4.78, 5) is 15.6. The first kappa shape index (κ1) is 24.6. The summed E-state index contributed by atoms with van der Waals surface area (Å²) in [6, 6.07) is 17.7. The molecule has 0 spiro atoms. The number of nitrogens with zero attached hydrogens (tertiary/aromatic N) is 1.